The van der Waals surface area contributed by atoms with Crippen LogP contribution in [0.1, 0.15) is 34.1 Å². The maximum absolute atomic E-state index is 11.5. The first-order valence-corrected chi connectivity index (χ1v) is 5.24. The summed E-state index contributed by atoms with van der Waals surface area (Å²) in [5.41, 5.74) is 5.16. The Morgan fingerprint density at radius 3 is 2.13 bits per heavy atom. The van der Waals surface area contributed by atoms with Gasteiger partial charge in [0.1, 0.15) is 0 Å². The van der Waals surface area contributed by atoms with Gasteiger partial charge < -0.3 is 11.1 Å². The van der Waals surface area contributed by atoms with Crippen LogP contribution in [0, 0.1) is 0 Å². The number of rotatable bonds is 6. The minimum Gasteiger partial charge on any atom is -0.368 e. The first-order valence-electron chi connectivity index (χ1n) is 5.24. The second kappa shape index (κ2) is 6.40. The highest BCUT2D eigenvalue weighted by atomic mass is 16.2. The zero-order chi connectivity index (χ0) is 12.0. The normalized spacial score (nSPS) is 14.7. The van der Waals surface area contributed by atoms with Gasteiger partial charge in [0.2, 0.25) is 11.8 Å². The summed E-state index contributed by atoms with van der Waals surface area (Å²) in [7, 11) is 0. The van der Waals surface area contributed by atoms with E-state index in [-0.39, 0.29) is 11.9 Å². The number of amides is 2. The second-order valence-corrected chi connectivity index (χ2v) is 3.91. The highest BCUT2D eigenvalue weighted by molar-refractivity contribution is 5.84. The van der Waals surface area contributed by atoms with E-state index in [1.54, 1.807) is 6.92 Å². The number of carbonyl (C=O) groups is 2. The number of primary amides is 1. The molecule has 0 rings (SSSR count). The molecular weight excluding hydrogens is 194 g/mol. The molecule has 5 heteroatoms. The fourth-order valence-electron chi connectivity index (χ4n) is 1.19. The number of carbonyl (C=O) groups excluding carboxylic acids is 2. The summed E-state index contributed by atoms with van der Waals surface area (Å²) >= 11 is 0. The molecule has 0 saturated carbocycles. The lowest BCUT2D eigenvalue weighted by atomic mass is 10.1. The van der Waals surface area contributed by atoms with Crippen molar-refractivity contribution in [2.24, 2.45) is 5.73 Å². The van der Waals surface area contributed by atoms with Crippen LogP contribution in [-0.2, 0) is 9.59 Å². The SMILES string of the molecule is CCC(NC(C)C(=O)NC(C)C)C(N)=O. The van der Waals surface area contributed by atoms with Crippen LogP contribution >= 0.6 is 0 Å². The highest BCUT2D eigenvalue weighted by Crippen LogP contribution is 1.93. The van der Waals surface area contributed by atoms with Gasteiger partial charge in [-0.05, 0) is 27.2 Å². The van der Waals surface area contributed by atoms with Crippen LogP contribution in [0.3, 0.4) is 0 Å². The van der Waals surface area contributed by atoms with E-state index >= 15 is 0 Å². The molecule has 15 heavy (non-hydrogen) atoms. The lowest BCUT2D eigenvalue weighted by molar-refractivity contribution is -0.124. The number of hydrogen-bond acceptors (Lipinski definition) is 3. The van der Waals surface area contributed by atoms with Gasteiger partial charge >= 0.3 is 0 Å². The summed E-state index contributed by atoms with van der Waals surface area (Å²) in [6.07, 6.45) is 0.578. The lowest BCUT2D eigenvalue weighted by Crippen LogP contribution is -2.51. The Bertz CT molecular complexity index is 229. The molecule has 5 nitrogen and oxygen atoms in total. The second-order valence-electron chi connectivity index (χ2n) is 3.91. The van der Waals surface area contributed by atoms with Gasteiger partial charge in [0, 0.05) is 6.04 Å². The van der Waals surface area contributed by atoms with Crippen molar-refractivity contribution in [1.29, 1.82) is 0 Å². The molecule has 2 unspecified atom stereocenters. The fraction of sp³-hybridized carbons (Fsp3) is 0.800. The van der Waals surface area contributed by atoms with Gasteiger partial charge in [-0.3, -0.25) is 14.9 Å². The van der Waals surface area contributed by atoms with Gasteiger partial charge in [-0.25, -0.2) is 0 Å². The maximum atomic E-state index is 11.5. The Kier molecular flexibility index (Phi) is 5.93. The van der Waals surface area contributed by atoms with Crippen LogP contribution in [0.4, 0.5) is 0 Å². The van der Waals surface area contributed by atoms with E-state index in [2.05, 4.69) is 10.6 Å². The zero-order valence-corrected chi connectivity index (χ0v) is 9.83. The maximum Gasteiger partial charge on any atom is 0.237 e. The number of nitrogens with one attached hydrogen (secondary N) is 2. The molecule has 0 fully saturated rings. The molecule has 0 radical (unpaired) electrons. The van der Waals surface area contributed by atoms with Crippen LogP contribution < -0.4 is 16.4 Å². The van der Waals surface area contributed by atoms with Gasteiger partial charge in [0.15, 0.2) is 0 Å². The van der Waals surface area contributed by atoms with Crippen molar-refractivity contribution < 1.29 is 9.59 Å². The molecule has 0 saturated heterocycles. The van der Waals surface area contributed by atoms with E-state index in [1.807, 2.05) is 20.8 Å². The largest absolute Gasteiger partial charge is 0.368 e. The van der Waals surface area contributed by atoms with Crippen LogP contribution in [0.5, 0.6) is 0 Å². The fourth-order valence-corrected chi connectivity index (χ4v) is 1.19. The molecule has 0 aliphatic heterocycles. The predicted octanol–water partition coefficient (Wildman–Crippen LogP) is -0.247. The van der Waals surface area contributed by atoms with Crippen molar-refractivity contribution in [3.05, 3.63) is 0 Å². The minimum atomic E-state index is -0.446. The van der Waals surface area contributed by atoms with Crippen LogP contribution in [0.25, 0.3) is 0 Å². The molecule has 2 atom stereocenters. The van der Waals surface area contributed by atoms with Crippen LogP contribution in [0.15, 0.2) is 0 Å². The van der Waals surface area contributed by atoms with E-state index in [4.69, 9.17) is 5.73 Å². The third-order valence-corrected chi connectivity index (χ3v) is 2.03. The molecular formula is C10H21N3O2. The van der Waals surface area contributed by atoms with Crippen molar-refractivity contribution in [3.63, 3.8) is 0 Å². The molecule has 2 amide bonds. The summed E-state index contributed by atoms with van der Waals surface area (Å²) < 4.78 is 0. The van der Waals surface area contributed by atoms with Gasteiger partial charge in [-0.1, -0.05) is 6.92 Å². The Morgan fingerprint density at radius 1 is 1.27 bits per heavy atom. The quantitative estimate of drug-likeness (QED) is 0.571. The van der Waals surface area contributed by atoms with Gasteiger partial charge in [0.05, 0.1) is 12.1 Å². The van der Waals surface area contributed by atoms with E-state index in [1.165, 1.54) is 0 Å². The molecule has 4 N–H and O–H groups in total. The lowest BCUT2D eigenvalue weighted by Gasteiger charge is -2.20. The number of hydrogen-bond donors (Lipinski definition) is 3. The van der Waals surface area contributed by atoms with E-state index in [0.717, 1.165) is 0 Å². The molecule has 0 aromatic heterocycles. The molecule has 0 aromatic rings. The predicted molar refractivity (Wildman–Crippen MR) is 59.1 cm³/mol. The molecule has 0 spiro atoms. The van der Waals surface area contributed by atoms with Gasteiger partial charge in [0.25, 0.3) is 0 Å². The van der Waals surface area contributed by atoms with Crippen molar-refractivity contribution in [3.8, 4) is 0 Å². The Hall–Kier alpha value is -1.10. The summed E-state index contributed by atoms with van der Waals surface area (Å²) in [5.74, 6) is -0.550. The monoisotopic (exact) mass is 215 g/mol. The molecule has 0 bridgehead atoms. The van der Waals surface area contributed by atoms with Crippen LogP contribution in [0.2, 0.25) is 0 Å². The van der Waals surface area contributed by atoms with Crippen molar-refractivity contribution in [2.45, 2.75) is 52.2 Å². The first kappa shape index (κ1) is 13.9. The summed E-state index contributed by atoms with van der Waals surface area (Å²) in [6, 6.07) is -0.766. The summed E-state index contributed by atoms with van der Waals surface area (Å²) in [6.45, 7) is 7.32. The molecule has 88 valence electrons. The Morgan fingerprint density at radius 2 is 1.80 bits per heavy atom. The number of nitrogens with two attached hydrogens (primary N) is 1. The Balaban J connectivity index is 4.15. The third-order valence-electron chi connectivity index (χ3n) is 2.03. The zero-order valence-electron chi connectivity index (χ0n) is 9.83. The molecule has 0 aromatic carbocycles. The highest BCUT2D eigenvalue weighted by Gasteiger charge is 2.20. The molecule has 0 heterocycles. The molecule has 0 aliphatic rings. The topological polar surface area (TPSA) is 84.2 Å². The summed E-state index contributed by atoms with van der Waals surface area (Å²) in [4.78, 5) is 22.4. The van der Waals surface area contributed by atoms with Gasteiger partial charge in [-0.15, -0.1) is 0 Å². The van der Waals surface area contributed by atoms with E-state index < -0.39 is 18.0 Å². The Labute approximate surface area is 90.8 Å². The summed E-state index contributed by atoms with van der Waals surface area (Å²) in [5, 5.41) is 5.64. The van der Waals surface area contributed by atoms with E-state index in [9.17, 15) is 9.59 Å². The first-order chi connectivity index (χ1) is 6.88. The average Bonchev–Trinajstić information content (AvgIpc) is 2.11. The van der Waals surface area contributed by atoms with Crippen LogP contribution in [-0.4, -0.2) is 29.9 Å². The third kappa shape index (κ3) is 5.37. The van der Waals surface area contributed by atoms with Crippen molar-refractivity contribution >= 4 is 11.8 Å². The standard InChI is InChI=1S/C10H21N3O2/c1-5-8(9(11)14)13-7(4)10(15)12-6(2)3/h6-8,13H,5H2,1-4H3,(H2,11,14)(H,12,15). The van der Waals surface area contributed by atoms with Crippen molar-refractivity contribution in [1.82, 2.24) is 10.6 Å². The molecule has 0 aliphatic carbocycles. The average molecular weight is 215 g/mol. The van der Waals surface area contributed by atoms with Crippen molar-refractivity contribution in [2.75, 3.05) is 0 Å². The smallest absolute Gasteiger partial charge is 0.237 e. The minimum absolute atomic E-state index is 0.0930. The van der Waals surface area contributed by atoms with Gasteiger partial charge in [-0.2, -0.15) is 0 Å². The van der Waals surface area contributed by atoms with E-state index in [0.29, 0.717) is 6.42 Å².